The SMILES string of the molecule is CCC(C)C(NC(=O)c1ccccc1)C(=O)NCC1(c2ccc3c(c2)OCO3)CCOCC1. The van der Waals surface area contributed by atoms with Crippen molar-refractivity contribution in [2.75, 3.05) is 26.6 Å². The molecule has 1 saturated heterocycles. The summed E-state index contributed by atoms with van der Waals surface area (Å²) in [5.41, 5.74) is 1.38. The standard InChI is InChI=1S/C26H32N2O5/c1-3-18(2)23(28-24(29)19-7-5-4-6-8-19)25(30)27-16-26(11-13-31-14-12-26)20-9-10-21-22(15-20)33-17-32-21/h4-10,15,18,23H,3,11-14,16-17H2,1-2H3,(H,27,30)(H,28,29). The van der Waals surface area contributed by atoms with Crippen LogP contribution in [0.15, 0.2) is 48.5 Å². The highest BCUT2D eigenvalue weighted by Crippen LogP contribution is 2.40. The van der Waals surface area contributed by atoms with Crippen LogP contribution in [0, 0.1) is 5.92 Å². The van der Waals surface area contributed by atoms with Crippen LogP contribution in [0.5, 0.6) is 11.5 Å². The number of fused-ring (bicyclic) bond motifs is 1. The maximum Gasteiger partial charge on any atom is 0.251 e. The first-order valence-electron chi connectivity index (χ1n) is 11.6. The molecule has 2 aliphatic heterocycles. The van der Waals surface area contributed by atoms with Crippen LogP contribution in [0.25, 0.3) is 0 Å². The molecule has 2 heterocycles. The third kappa shape index (κ3) is 5.14. The molecule has 2 atom stereocenters. The van der Waals surface area contributed by atoms with E-state index in [9.17, 15) is 9.59 Å². The van der Waals surface area contributed by atoms with Crippen molar-refractivity contribution in [3.05, 3.63) is 59.7 Å². The first-order valence-corrected chi connectivity index (χ1v) is 11.6. The van der Waals surface area contributed by atoms with Crippen LogP contribution in [0.3, 0.4) is 0 Å². The van der Waals surface area contributed by atoms with E-state index < -0.39 is 6.04 Å². The Labute approximate surface area is 194 Å². The Hall–Kier alpha value is -3.06. The molecule has 2 aromatic rings. The summed E-state index contributed by atoms with van der Waals surface area (Å²) < 4.78 is 16.7. The van der Waals surface area contributed by atoms with E-state index in [0.29, 0.717) is 25.3 Å². The molecule has 0 aromatic heterocycles. The Morgan fingerprint density at radius 1 is 1.03 bits per heavy atom. The Morgan fingerprint density at radius 3 is 2.48 bits per heavy atom. The molecule has 7 nitrogen and oxygen atoms in total. The highest BCUT2D eigenvalue weighted by atomic mass is 16.7. The first-order chi connectivity index (χ1) is 16.0. The molecule has 2 amide bonds. The van der Waals surface area contributed by atoms with Gasteiger partial charge >= 0.3 is 0 Å². The van der Waals surface area contributed by atoms with Crippen molar-refractivity contribution in [2.45, 2.75) is 44.6 Å². The first kappa shape index (κ1) is 23.1. The van der Waals surface area contributed by atoms with Gasteiger partial charge in [-0.1, -0.05) is 44.5 Å². The van der Waals surface area contributed by atoms with Crippen molar-refractivity contribution in [1.29, 1.82) is 0 Å². The normalized spacial score (nSPS) is 18.2. The molecule has 1 fully saturated rings. The van der Waals surface area contributed by atoms with Gasteiger partial charge in [0, 0.05) is 30.7 Å². The van der Waals surface area contributed by atoms with Crippen molar-refractivity contribution in [3.63, 3.8) is 0 Å². The average molecular weight is 453 g/mol. The van der Waals surface area contributed by atoms with E-state index in [2.05, 4.69) is 10.6 Å². The Bertz CT molecular complexity index is 972. The lowest BCUT2D eigenvalue weighted by atomic mass is 9.74. The summed E-state index contributed by atoms with van der Waals surface area (Å²) in [4.78, 5) is 26.1. The monoisotopic (exact) mass is 452 g/mol. The van der Waals surface area contributed by atoms with Gasteiger partial charge in [0.05, 0.1) is 0 Å². The largest absolute Gasteiger partial charge is 0.454 e. The molecule has 0 aliphatic carbocycles. The van der Waals surface area contributed by atoms with E-state index in [0.717, 1.165) is 36.3 Å². The molecule has 7 heteroatoms. The highest BCUT2D eigenvalue weighted by molar-refractivity contribution is 5.97. The average Bonchev–Trinajstić information content (AvgIpc) is 3.34. The molecule has 4 rings (SSSR count). The molecule has 2 aliphatic rings. The summed E-state index contributed by atoms with van der Waals surface area (Å²) in [6, 6.07) is 14.4. The molecule has 0 saturated carbocycles. The van der Waals surface area contributed by atoms with E-state index >= 15 is 0 Å². The van der Waals surface area contributed by atoms with Gasteiger partial charge in [-0.25, -0.2) is 0 Å². The van der Waals surface area contributed by atoms with Crippen molar-refractivity contribution >= 4 is 11.8 Å². The summed E-state index contributed by atoms with van der Waals surface area (Å²) in [5, 5.41) is 6.10. The molecule has 176 valence electrons. The summed E-state index contributed by atoms with van der Waals surface area (Å²) in [6.07, 6.45) is 2.35. The lowest BCUT2D eigenvalue weighted by Crippen LogP contribution is -2.53. The second kappa shape index (κ2) is 10.3. The maximum absolute atomic E-state index is 13.3. The zero-order chi connectivity index (χ0) is 23.3. The number of nitrogens with one attached hydrogen (secondary N) is 2. The Kier molecular flexibility index (Phi) is 7.18. The zero-order valence-electron chi connectivity index (χ0n) is 19.3. The van der Waals surface area contributed by atoms with Crippen molar-refractivity contribution in [1.82, 2.24) is 10.6 Å². The Balaban J connectivity index is 1.49. The van der Waals surface area contributed by atoms with Crippen LogP contribution < -0.4 is 20.1 Å². The highest BCUT2D eigenvalue weighted by Gasteiger charge is 2.37. The minimum Gasteiger partial charge on any atom is -0.454 e. The fraction of sp³-hybridized carbons (Fsp3) is 0.462. The zero-order valence-corrected chi connectivity index (χ0v) is 19.3. The number of rotatable bonds is 8. The molecule has 2 unspecified atom stereocenters. The molecule has 2 N–H and O–H groups in total. The van der Waals surface area contributed by atoms with E-state index in [1.165, 1.54) is 0 Å². The van der Waals surface area contributed by atoms with Gasteiger partial charge in [0.2, 0.25) is 12.7 Å². The Morgan fingerprint density at radius 2 is 1.76 bits per heavy atom. The summed E-state index contributed by atoms with van der Waals surface area (Å²) in [6.45, 7) is 5.95. The van der Waals surface area contributed by atoms with Gasteiger partial charge in [-0.15, -0.1) is 0 Å². The van der Waals surface area contributed by atoms with E-state index in [1.54, 1.807) is 12.1 Å². The molecule has 0 spiro atoms. The van der Waals surface area contributed by atoms with Crippen molar-refractivity contribution in [2.24, 2.45) is 5.92 Å². The molecule has 0 radical (unpaired) electrons. The van der Waals surface area contributed by atoms with Crippen LogP contribution in [-0.4, -0.2) is 44.4 Å². The third-order valence-corrected chi connectivity index (χ3v) is 6.85. The van der Waals surface area contributed by atoms with Crippen LogP contribution in [0.4, 0.5) is 0 Å². The van der Waals surface area contributed by atoms with Crippen LogP contribution >= 0.6 is 0 Å². The number of benzene rings is 2. The topological polar surface area (TPSA) is 85.9 Å². The number of ether oxygens (including phenoxy) is 3. The van der Waals surface area contributed by atoms with Gasteiger partial charge in [-0.05, 0) is 48.6 Å². The lowest BCUT2D eigenvalue weighted by molar-refractivity contribution is -0.124. The smallest absolute Gasteiger partial charge is 0.251 e. The summed E-state index contributed by atoms with van der Waals surface area (Å²) >= 11 is 0. The third-order valence-electron chi connectivity index (χ3n) is 6.85. The minimum absolute atomic E-state index is 0.00570. The van der Waals surface area contributed by atoms with Gasteiger partial charge in [0.1, 0.15) is 6.04 Å². The number of carbonyl (C=O) groups excluding carboxylic acids is 2. The predicted octanol–water partition coefficient (Wildman–Crippen LogP) is 3.42. The van der Waals surface area contributed by atoms with Gasteiger partial charge in [0.15, 0.2) is 11.5 Å². The minimum atomic E-state index is -0.614. The molecular formula is C26H32N2O5. The molecular weight excluding hydrogens is 420 g/mol. The van der Waals surface area contributed by atoms with Crippen molar-refractivity contribution < 1.29 is 23.8 Å². The number of hydrogen-bond donors (Lipinski definition) is 2. The van der Waals surface area contributed by atoms with Gasteiger partial charge < -0.3 is 24.8 Å². The van der Waals surface area contributed by atoms with Gasteiger partial charge in [-0.3, -0.25) is 9.59 Å². The molecule has 2 aromatic carbocycles. The van der Waals surface area contributed by atoms with E-state index in [1.807, 2.05) is 50.2 Å². The molecule has 0 bridgehead atoms. The summed E-state index contributed by atoms with van der Waals surface area (Å²) in [7, 11) is 0. The van der Waals surface area contributed by atoms with Gasteiger partial charge in [0.25, 0.3) is 5.91 Å². The number of carbonyl (C=O) groups is 2. The van der Waals surface area contributed by atoms with Crippen LogP contribution in [0.2, 0.25) is 0 Å². The fourth-order valence-corrected chi connectivity index (χ4v) is 4.44. The second-order valence-electron chi connectivity index (χ2n) is 8.88. The van der Waals surface area contributed by atoms with E-state index in [-0.39, 0.29) is 29.9 Å². The summed E-state index contributed by atoms with van der Waals surface area (Å²) in [5.74, 6) is 1.06. The number of hydrogen-bond acceptors (Lipinski definition) is 5. The van der Waals surface area contributed by atoms with Crippen LogP contribution in [0.1, 0.15) is 49.0 Å². The molecule has 33 heavy (non-hydrogen) atoms. The van der Waals surface area contributed by atoms with Gasteiger partial charge in [-0.2, -0.15) is 0 Å². The van der Waals surface area contributed by atoms with E-state index in [4.69, 9.17) is 14.2 Å². The maximum atomic E-state index is 13.3. The predicted molar refractivity (Wildman–Crippen MR) is 124 cm³/mol. The lowest BCUT2D eigenvalue weighted by Gasteiger charge is -2.38. The second-order valence-corrected chi connectivity index (χ2v) is 8.88. The van der Waals surface area contributed by atoms with Crippen molar-refractivity contribution in [3.8, 4) is 11.5 Å². The number of amides is 2. The quantitative estimate of drug-likeness (QED) is 0.641. The van der Waals surface area contributed by atoms with Crippen LogP contribution in [-0.2, 0) is 14.9 Å². The fourth-order valence-electron chi connectivity index (χ4n) is 4.44.